The maximum Gasteiger partial charge on any atom is 0.0159 e. The van der Waals surface area contributed by atoms with Crippen LogP contribution in [0.3, 0.4) is 0 Å². The minimum absolute atomic E-state index is 0.223. The maximum absolute atomic E-state index is 2.50. The minimum atomic E-state index is -0.223. The van der Waals surface area contributed by atoms with Crippen molar-refractivity contribution in [3.05, 3.63) is 254 Å². The monoisotopic (exact) mass is 874 g/mol. The summed E-state index contributed by atoms with van der Waals surface area (Å²) in [5, 5.41) is 15.2. The number of rotatable bonds is 5. The van der Waals surface area contributed by atoms with Crippen LogP contribution in [0, 0.1) is 0 Å². The average molecular weight is 875 g/mol. The summed E-state index contributed by atoms with van der Waals surface area (Å²) < 4.78 is 0. The van der Waals surface area contributed by atoms with E-state index in [1.807, 2.05) is 0 Å². The van der Waals surface area contributed by atoms with E-state index >= 15 is 0 Å². The molecular weight excluding hydrogens is 829 g/mol. The molecule has 13 aromatic carbocycles. The fourth-order valence-electron chi connectivity index (χ4n) is 12.1. The molecular formula is C69H46. The molecule has 0 nitrogen and oxygen atoms in total. The third-order valence-corrected chi connectivity index (χ3v) is 15.4. The number of hydrogen-bond donors (Lipinski definition) is 0. The summed E-state index contributed by atoms with van der Waals surface area (Å²) in [5.41, 5.74) is 17.7. The molecule has 13 aromatic rings. The highest BCUT2D eigenvalue weighted by molar-refractivity contribution is 6.23. The third-order valence-electron chi connectivity index (χ3n) is 15.4. The van der Waals surface area contributed by atoms with Crippen molar-refractivity contribution in [1.82, 2.24) is 0 Å². The quantitative estimate of drug-likeness (QED) is 0.151. The Kier molecular flexibility index (Phi) is 8.73. The Balaban J connectivity index is 0.940. The summed E-state index contributed by atoms with van der Waals surface area (Å²) in [6, 6.07) is 90.9. The van der Waals surface area contributed by atoms with Crippen LogP contribution >= 0.6 is 0 Å². The molecule has 0 radical (unpaired) electrons. The van der Waals surface area contributed by atoms with Crippen molar-refractivity contribution in [3.8, 4) is 66.8 Å². The van der Waals surface area contributed by atoms with Gasteiger partial charge in [0.15, 0.2) is 0 Å². The van der Waals surface area contributed by atoms with E-state index in [0.29, 0.717) is 0 Å². The smallest absolute Gasteiger partial charge is 0.0159 e. The lowest BCUT2D eigenvalue weighted by atomic mass is 9.79. The molecule has 0 spiro atoms. The summed E-state index contributed by atoms with van der Waals surface area (Å²) in [6.45, 7) is 4.83. The van der Waals surface area contributed by atoms with Crippen molar-refractivity contribution in [2.45, 2.75) is 19.3 Å². The fourth-order valence-corrected chi connectivity index (χ4v) is 12.1. The second-order valence-corrected chi connectivity index (χ2v) is 19.5. The third kappa shape index (κ3) is 6.09. The van der Waals surface area contributed by atoms with E-state index in [9.17, 15) is 0 Å². The van der Waals surface area contributed by atoms with Gasteiger partial charge < -0.3 is 0 Å². The number of benzene rings is 13. The summed E-state index contributed by atoms with van der Waals surface area (Å²) >= 11 is 0. The Morgan fingerprint density at radius 2 is 0.551 bits per heavy atom. The van der Waals surface area contributed by atoms with Gasteiger partial charge in [0.1, 0.15) is 0 Å². The molecule has 1 aliphatic carbocycles. The molecule has 0 heterocycles. The van der Waals surface area contributed by atoms with Gasteiger partial charge in [-0.2, -0.15) is 0 Å². The first-order valence-corrected chi connectivity index (χ1v) is 24.2. The van der Waals surface area contributed by atoms with E-state index in [2.05, 4.69) is 257 Å². The van der Waals surface area contributed by atoms with Gasteiger partial charge >= 0.3 is 0 Å². The van der Waals surface area contributed by atoms with E-state index in [0.717, 1.165) is 0 Å². The predicted molar refractivity (Wildman–Crippen MR) is 296 cm³/mol. The Labute approximate surface area is 402 Å². The minimum Gasteiger partial charge on any atom is -0.0622 e. The van der Waals surface area contributed by atoms with Crippen LogP contribution in [0.5, 0.6) is 0 Å². The zero-order valence-corrected chi connectivity index (χ0v) is 38.6. The Morgan fingerprint density at radius 1 is 0.217 bits per heavy atom. The molecule has 0 heteroatoms. The molecule has 322 valence electrons. The van der Waals surface area contributed by atoms with Crippen LogP contribution < -0.4 is 0 Å². The first-order valence-electron chi connectivity index (χ1n) is 24.2. The van der Waals surface area contributed by atoms with Crippen LogP contribution in [0.2, 0.25) is 0 Å². The summed E-state index contributed by atoms with van der Waals surface area (Å²) in [4.78, 5) is 0. The van der Waals surface area contributed by atoms with Gasteiger partial charge in [-0.3, -0.25) is 0 Å². The fraction of sp³-hybridized carbons (Fsp3) is 0.0435. The van der Waals surface area contributed by atoms with Crippen molar-refractivity contribution in [1.29, 1.82) is 0 Å². The zero-order valence-electron chi connectivity index (χ0n) is 38.6. The highest BCUT2D eigenvalue weighted by atomic mass is 14.4. The predicted octanol–water partition coefficient (Wildman–Crippen LogP) is 19.2. The van der Waals surface area contributed by atoms with Crippen LogP contribution in [0.1, 0.15) is 25.0 Å². The summed E-state index contributed by atoms with van der Waals surface area (Å²) in [6.07, 6.45) is 0. The molecule has 0 fully saturated rings. The summed E-state index contributed by atoms with van der Waals surface area (Å²) in [5.74, 6) is 0. The molecule has 0 atom stereocenters. The maximum atomic E-state index is 2.50. The second-order valence-electron chi connectivity index (χ2n) is 19.5. The molecule has 69 heavy (non-hydrogen) atoms. The van der Waals surface area contributed by atoms with Crippen LogP contribution in [0.15, 0.2) is 243 Å². The molecule has 0 aromatic heterocycles. The molecule has 0 N–H and O–H groups in total. The van der Waals surface area contributed by atoms with Crippen molar-refractivity contribution in [2.75, 3.05) is 0 Å². The Bertz CT molecular complexity index is 4210. The highest BCUT2D eigenvalue weighted by Crippen LogP contribution is 2.53. The van der Waals surface area contributed by atoms with E-state index < -0.39 is 0 Å². The van der Waals surface area contributed by atoms with Gasteiger partial charge in [0.25, 0.3) is 0 Å². The van der Waals surface area contributed by atoms with Gasteiger partial charge in [0, 0.05) is 5.41 Å². The standard InChI is InChI=1S/C69H46/c1-69(2)63-41-49(32-35-53(63)54-36-34-52(42-64(54)69)67-57-24-12-10-22-55(57)65(45-18-4-3-5-19-45)56-23-11-13-25-58(56)67)48-33-37-61-62(40-48)68(51-31-29-44-17-7-9-21-47(44)39-51)60-27-15-14-26-59(60)66(61)50-30-28-43-16-6-8-20-46(43)38-50/h3-42H,1-2H3. The van der Waals surface area contributed by atoms with Gasteiger partial charge in [-0.15, -0.1) is 0 Å². The van der Waals surface area contributed by atoms with E-state index in [4.69, 9.17) is 0 Å². The van der Waals surface area contributed by atoms with Crippen molar-refractivity contribution in [2.24, 2.45) is 0 Å². The van der Waals surface area contributed by atoms with Gasteiger partial charge in [-0.05, 0) is 173 Å². The Morgan fingerprint density at radius 3 is 1.06 bits per heavy atom. The first kappa shape index (κ1) is 39.6. The molecule has 0 amide bonds. The molecule has 0 aliphatic heterocycles. The van der Waals surface area contributed by atoms with Gasteiger partial charge in [0.05, 0.1) is 0 Å². The summed E-state index contributed by atoms with van der Waals surface area (Å²) in [7, 11) is 0. The molecule has 14 rings (SSSR count). The van der Waals surface area contributed by atoms with E-state index in [-0.39, 0.29) is 5.41 Å². The molecule has 1 aliphatic rings. The average Bonchev–Trinajstić information content (AvgIpc) is 3.63. The lowest BCUT2D eigenvalue weighted by Crippen LogP contribution is -2.15. The normalized spacial score (nSPS) is 12.9. The van der Waals surface area contributed by atoms with E-state index in [1.165, 1.54) is 143 Å². The largest absolute Gasteiger partial charge is 0.0622 e. The van der Waals surface area contributed by atoms with Gasteiger partial charge in [-0.1, -0.05) is 226 Å². The first-order chi connectivity index (χ1) is 34.0. The van der Waals surface area contributed by atoms with Crippen LogP contribution in [0.4, 0.5) is 0 Å². The second kappa shape index (κ2) is 15.2. The van der Waals surface area contributed by atoms with Crippen molar-refractivity contribution >= 4 is 64.6 Å². The van der Waals surface area contributed by atoms with Crippen LogP contribution in [0.25, 0.3) is 131 Å². The lowest BCUT2D eigenvalue weighted by molar-refractivity contribution is 0.661. The molecule has 0 unspecified atom stereocenters. The molecule has 0 bridgehead atoms. The molecule has 0 saturated heterocycles. The topological polar surface area (TPSA) is 0 Å². The number of hydrogen-bond acceptors (Lipinski definition) is 0. The SMILES string of the molecule is CC1(C)c2cc(-c3ccc4c(-c5ccc6ccccc6c5)c5ccccc5c(-c5ccc6ccccc6c5)c4c3)ccc2-c2ccc(-c3c4ccccc4c(-c4ccccc4)c4ccccc34)cc21. The van der Waals surface area contributed by atoms with Crippen LogP contribution in [-0.2, 0) is 5.41 Å². The van der Waals surface area contributed by atoms with E-state index in [1.54, 1.807) is 0 Å². The number of fused-ring (bicyclic) bond motifs is 9. The van der Waals surface area contributed by atoms with Crippen molar-refractivity contribution < 1.29 is 0 Å². The van der Waals surface area contributed by atoms with Gasteiger partial charge in [-0.25, -0.2) is 0 Å². The zero-order chi connectivity index (χ0) is 45.8. The highest BCUT2D eigenvalue weighted by Gasteiger charge is 2.36. The molecule has 0 saturated carbocycles. The van der Waals surface area contributed by atoms with Crippen LogP contribution in [-0.4, -0.2) is 0 Å². The van der Waals surface area contributed by atoms with Crippen molar-refractivity contribution in [3.63, 3.8) is 0 Å². The lowest BCUT2D eigenvalue weighted by Gasteiger charge is -2.23. The Hall–Kier alpha value is -8.58. The van der Waals surface area contributed by atoms with Gasteiger partial charge in [0.2, 0.25) is 0 Å².